The maximum atomic E-state index is 13.6. The Labute approximate surface area is 152 Å². The number of fused-ring (bicyclic) bond motifs is 1. The molecule has 5 nitrogen and oxygen atoms in total. The van der Waals surface area contributed by atoms with Crippen molar-refractivity contribution in [2.75, 3.05) is 18.9 Å². The second-order valence-electron chi connectivity index (χ2n) is 6.43. The molecule has 3 rings (SSSR count). The van der Waals surface area contributed by atoms with E-state index in [2.05, 4.69) is 20.9 Å². The van der Waals surface area contributed by atoms with Crippen LogP contribution in [0.3, 0.4) is 0 Å². The molecular formula is C20H23FN4O. The van der Waals surface area contributed by atoms with Crippen molar-refractivity contribution in [2.45, 2.75) is 25.8 Å². The molecule has 1 unspecified atom stereocenters. The Morgan fingerprint density at radius 1 is 1.27 bits per heavy atom. The van der Waals surface area contributed by atoms with Crippen LogP contribution in [0.25, 0.3) is 0 Å². The fourth-order valence-electron chi connectivity index (χ4n) is 3.06. The van der Waals surface area contributed by atoms with Crippen molar-refractivity contribution in [3.63, 3.8) is 0 Å². The molecule has 2 aromatic carbocycles. The average Bonchev–Trinajstić information content (AvgIpc) is 2.64. The summed E-state index contributed by atoms with van der Waals surface area (Å²) in [5.74, 6) is 0.510. The lowest BCUT2D eigenvalue weighted by Gasteiger charge is -2.26. The molecule has 0 aromatic heterocycles. The molecule has 136 valence electrons. The van der Waals surface area contributed by atoms with Gasteiger partial charge in [-0.2, -0.15) is 0 Å². The van der Waals surface area contributed by atoms with Gasteiger partial charge in [0, 0.05) is 38.2 Å². The van der Waals surface area contributed by atoms with Crippen LogP contribution in [0.2, 0.25) is 0 Å². The van der Waals surface area contributed by atoms with Gasteiger partial charge < -0.3 is 16.0 Å². The number of nitrogens with one attached hydrogen (secondary N) is 3. The zero-order valence-electron chi connectivity index (χ0n) is 15.0. The van der Waals surface area contributed by atoms with Crippen LogP contribution in [0, 0.1) is 12.7 Å². The molecule has 3 N–H and O–H groups in total. The molecule has 0 radical (unpaired) electrons. The van der Waals surface area contributed by atoms with Gasteiger partial charge in [-0.3, -0.25) is 9.79 Å². The predicted octanol–water partition coefficient (Wildman–Crippen LogP) is 2.93. The molecule has 0 bridgehead atoms. The highest BCUT2D eigenvalue weighted by molar-refractivity contribution is 5.94. The minimum atomic E-state index is -0.211. The lowest BCUT2D eigenvalue weighted by Crippen LogP contribution is -2.40. The summed E-state index contributed by atoms with van der Waals surface area (Å²) in [6, 6.07) is 13.0. The van der Waals surface area contributed by atoms with Gasteiger partial charge in [-0.25, -0.2) is 4.39 Å². The quantitative estimate of drug-likeness (QED) is 0.584. The number of hydrogen-bond acceptors (Lipinski definition) is 2. The number of rotatable bonds is 4. The second kappa shape index (κ2) is 7.99. The molecule has 1 amide bonds. The number of para-hydroxylation sites is 1. The Balaban J connectivity index is 1.59. The van der Waals surface area contributed by atoms with Crippen LogP contribution in [0.5, 0.6) is 0 Å². The number of amides is 1. The fourth-order valence-corrected chi connectivity index (χ4v) is 3.06. The first-order valence-electron chi connectivity index (χ1n) is 8.65. The highest BCUT2D eigenvalue weighted by atomic mass is 19.1. The number of carbonyl (C=O) groups is 1. The first-order valence-corrected chi connectivity index (χ1v) is 8.65. The van der Waals surface area contributed by atoms with E-state index in [1.807, 2.05) is 30.3 Å². The minimum absolute atomic E-state index is 0.0218. The van der Waals surface area contributed by atoms with Crippen LogP contribution >= 0.6 is 0 Å². The molecule has 1 atom stereocenters. The lowest BCUT2D eigenvalue weighted by atomic mass is 9.90. The van der Waals surface area contributed by atoms with E-state index in [1.54, 1.807) is 20.0 Å². The van der Waals surface area contributed by atoms with E-state index >= 15 is 0 Å². The van der Waals surface area contributed by atoms with Crippen molar-refractivity contribution in [1.29, 1.82) is 0 Å². The molecule has 1 aliphatic rings. The van der Waals surface area contributed by atoms with Crippen LogP contribution in [0.15, 0.2) is 47.5 Å². The largest absolute Gasteiger partial charge is 0.356 e. The summed E-state index contributed by atoms with van der Waals surface area (Å²) >= 11 is 0. The summed E-state index contributed by atoms with van der Waals surface area (Å²) < 4.78 is 13.6. The van der Waals surface area contributed by atoms with Crippen LogP contribution in [-0.2, 0) is 11.3 Å². The van der Waals surface area contributed by atoms with Gasteiger partial charge in [-0.15, -0.1) is 0 Å². The predicted molar refractivity (Wildman–Crippen MR) is 102 cm³/mol. The molecule has 26 heavy (non-hydrogen) atoms. The fraction of sp³-hybridized carbons (Fsp3) is 0.300. The number of carbonyl (C=O) groups excluding carboxylic acids is 1. The SMILES string of the molecule is CN=C(NCc1ccc(C)c(F)c1)NCC1CC(=O)Nc2ccccc21. The Hall–Kier alpha value is -2.89. The van der Waals surface area contributed by atoms with Crippen molar-refractivity contribution in [2.24, 2.45) is 4.99 Å². The van der Waals surface area contributed by atoms with Gasteiger partial charge in [-0.1, -0.05) is 30.3 Å². The van der Waals surface area contributed by atoms with Gasteiger partial charge in [0.15, 0.2) is 5.96 Å². The van der Waals surface area contributed by atoms with E-state index in [0.717, 1.165) is 16.8 Å². The van der Waals surface area contributed by atoms with Gasteiger partial charge in [0.25, 0.3) is 0 Å². The maximum Gasteiger partial charge on any atom is 0.225 e. The summed E-state index contributed by atoms with van der Waals surface area (Å²) in [5, 5.41) is 9.34. The molecule has 0 saturated heterocycles. The Kier molecular flexibility index (Phi) is 5.51. The number of guanidine groups is 1. The molecule has 6 heteroatoms. The Bertz CT molecular complexity index is 834. The van der Waals surface area contributed by atoms with Crippen LogP contribution < -0.4 is 16.0 Å². The molecule has 0 fully saturated rings. The van der Waals surface area contributed by atoms with E-state index in [1.165, 1.54) is 6.07 Å². The van der Waals surface area contributed by atoms with E-state index in [4.69, 9.17) is 0 Å². The number of hydrogen-bond donors (Lipinski definition) is 3. The molecule has 0 spiro atoms. The third kappa shape index (κ3) is 4.20. The summed E-state index contributed by atoms with van der Waals surface area (Å²) in [6.07, 6.45) is 0.435. The summed E-state index contributed by atoms with van der Waals surface area (Å²) in [7, 11) is 1.69. The minimum Gasteiger partial charge on any atom is -0.356 e. The van der Waals surface area contributed by atoms with E-state index < -0.39 is 0 Å². The number of aliphatic imine (C=N–C) groups is 1. The first-order chi connectivity index (χ1) is 12.6. The maximum absolute atomic E-state index is 13.6. The highest BCUT2D eigenvalue weighted by Gasteiger charge is 2.24. The monoisotopic (exact) mass is 354 g/mol. The number of halogens is 1. The van der Waals surface area contributed by atoms with Crippen LogP contribution in [-0.4, -0.2) is 25.5 Å². The summed E-state index contributed by atoms with van der Waals surface area (Å²) in [5.41, 5.74) is 3.47. The van der Waals surface area contributed by atoms with Gasteiger partial charge >= 0.3 is 0 Å². The third-order valence-corrected chi connectivity index (χ3v) is 4.54. The topological polar surface area (TPSA) is 65.5 Å². The van der Waals surface area contributed by atoms with Crippen molar-refractivity contribution < 1.29 is 9.18 Å². The highest BCUT2D eigenvalue weighted by Crippen LogP contribution is 2.31. The van der Waals surface area contributed by atoms with Gasteiger partial charge in [-0.05, 0) is 35.7 Å². The van der Waals surface area contributed by atoms with E-state index in [0.29, 0.717) is 31.0 Å². The standard InChI is InChI=1S/C20H23FN4O/c1-13-7-8-14(9-17(13)21)11-23-20(22-2)24-12-15-10-19(26)25-18-6-4-3-5-16(15)18/h3-9,15H,10-12H2,1-2H3,(H,25,26)(H2,22,23,24). The lowest BCUT2D eigenvalue weighted by molar-refractivity contribution is -0.116. The second-order valence-corrected chi connectivity index (χ2v) is 6.43. The average molecular weight is 354 g/mol. The molecule has 2 aromatic rings. The Morgan fingerprint density at radius 3 is 2.85 bits per heavy atom. The number of aryl methyl sites for hydroxylation is 1. The van der Waals surface area contributed by atoms with E-state index in [-0.39, 0.29) is 17.6 Å². The van der Waals surface area contributed by atoms with Gasteiger partial charge in [0.05, 0.1) is 0 Å². The number of anilines is 1. The van der Waals surface area contributed by atoms with Gasteiger partial charge in [0.1, 0.15) is 5.82 Å². The number of nitrogens with zero attached hydrogens (tertiary/aromatic N) is 1. The molecule has 0 aliphatic carbocycles. The summed E-state index contributed by atoms with van der Waals surface area (Å²) in [4.78, 5) is 16.1. The normalized spacial score (nSPS) is 16.7. The third-order valence-electron chi connectivity index (χ3n) is 4.54. The van der Waals surface area contributed by atoms with Crippen molar-refractivity contribution in [3.8, 4) is 0 Å². The summed E-state index contributed by atoms with van der Waals surface area (Å²) in [6.45, 7) is 2.80. The van der Waals surface area contributed by atoms with Gasteiger partial charge in [0.2, 0.25) is 5.91 Å². The molecular weight excluding hydrogens is 331 g/mol. The van der Waals surface area contributed by atoms with Crippen molar-refractivity contribution in [1.82, 2.24) is 10.6 Å². The molecule has 1 heterocycles. The number of benzene rings is 2. The van der Waals surface area contributed by atoms with Crippen molar-refractivity contribution >= 4 is 17.6 Å². The smallest absolute Gasteiger partial charge is 0.225 e. The van der Waals surface area contributed by atoms with Crippen LogP contribution in [0.4, 0.5) is 10.1 Å². The molecule has 1 aliphatic heterocycles. The van der Waals surface area contributed by atoms with Crippen LogP contribution in [0.1, 0.15) is 29.0 Å². The van der Waals surface area contributed by atoms with E-state index in [9.17, 15) is 9.18 Å². The van der Waals surface area contributed by atoms with Crippen molar-refractivity contribution in [3.05, 3.63) is 65.0 Å². The zero-order valence-corrected chi connectivity index (χ0v) is 15.0. The Morgan fingerprint density at radius 2 is 2.08 bits per heavy atom. The molecule has 0 saturated carbocycles. The first kappa shape index (κ1) is 17.9. The zero-order chi connectivity index (χ0) is 18.5.